The minimum Gasteiger partial charge on any atom is -0.497 e. The van der Waals surface area contributed by atoms with Gasteiger partial charge in [-0.2, -0.15) is 0 Å². The molecule has 2 rings (SSSR count). The topological polar surface area (TPSA) is 58.6 Å². The molecule has 2 unspecified atom stereocenters. The lowest BCUT2D eigenvalue weighted by Gasteiger charge is -2.21. The standard InChI is InChI=1S/C17H17ClFNO3/c1-10(16(21)11-3-6-13(23-2)7-4-11)20-17(22)14-9-12(18)5-8-15(14)19/h3-10,16,21H,1-2H3,(H,20,22). The van der Waals surface area contributed by atoms with Gasteiger partial charge in [-0.05, 0) is 42.8 Å². The van der Waals surface area contributed by atoms with E-state index in [-0.39, 0.29) is 10.6 Å². The third-order valence-electron chi connectivity index (χ3n) is 3.46. The van der Waals surface area contributed by atoms with Crippen LogP contribution in [-0.2, 0) is 0 Å². The predicted octanol–water partition coefficient (Wildman–Crippen LogP) is 3.34. The summed E-state index contributed by atoms with van der Waals surface area (Å²) in [5.74, 6) is -0.637. The number of methoxy groups -OCH3 is 1. The van der Waals surface area contributed by atoms with Crippen LogP contribution in [-0.4, -0.2) is 24.2 Å². The molecule has 0 aliphatic carbocycles. The Morgan fingerprint density at radius 2 is 1.91 bits per heavy atom. The van der Waals surface area contributed by atoms with Crippen molar-refractivity contribution < 1.29 is 19.0 Å². The first-order valence-corrected chi connectivity index (χ1v) is 7.38. The number of carbonyl (C=O) groups is 1. The van der Waals surface area contributed by atoms with Crippen LogP contribution in [0, 0.1) is 5.82 Å². The Hall–Kier alpha value is -2.11. The molecule has 0 aliphatic heterocycles. The monoisotopic (exact) mass is 337 g/mol. The largest absolute Gasteiger partial charge is 0.497 e. The number of carbonyl (C=O) groups excluding carboxylic acids is 1. The zero-order valence-electron chi connectivity index (χ0n) is 12.7. The zero-order chi connectivity index (χ0) is 17.0. The van der Waals surface area contributed by atoms with Crippen molar-refractivity contribution in [3.05, 3.63) is 64.4 Å². The van der Waals surface area contributed by atoms with E-state index < -0.39 is 23.9 Å². The van der Waals surface area contributed by atoms with Crippen LogP contribution in [0.2, 0.25) is 5.02 Å². The zero-order valence-corrected chi connectivity index (χ0v) is 13.5. The number of ether oxygens (including phenoxy) is 1. The minimum absolute atomic E-state index is 0.161. The van der Waals surface area contributed by atoms with E-state index in [1.54, 1.807) is 38.3 Å². The molecule has 0 fully saturated rings. The minimum atomic E-state index is -0.938. The van der Waals surface area contributed by atoms with E-state index in [0.717, 1.165) is 6.07 Å². The lowest BCUT2D eigenvalue weighted by atomic mass is 10.0. The van der Waals surface area contributed by atoms with Crippen molar-refractivity contribution >= 4 is 17.5 Å². The first-order chi connectivity index (χ1) is 10.9. The summed E-state index contributed by atoms with van der Waals surface area (Å²) in [5.41, 5.74) is 0.455. The normalized spacial score (nSPS) is 13.3. The Labute approximate surface area is 138 Å². The van der Waals surface area contributed by atoms with Gasteiger partial charge < -0.3 is 15.2 Å². The number of aliphatic hydroxyl groups excluding tert-OH is 1. The number of halogens is 2. The molecule has 0 heterocycles. The molecule has 0 aromatic heterocycles. The maximum atomic E-state index is 13.7. The Morgan fingerprint density at radius 3 is 2.52 bits per heavy atom. The smallest absolute Gasteiger partial charge is 0.254 e. The number of hydrogen-bond donors (Lipinski definition) is 2. The lowest BCUT2D eigenvalue weighted by molar-refractivity contribution is 0.0848. The molecule has 2 N–H and O–H groups in total. The van der Waals surface area contributed by atoms with Gasteiger partial charge in [0.1, 0.15) is 11.6 Å². The highest BCUT2D eigenvalue weighted by Crippen LogP contribution is 2.21. The third kappa shape index (κ3) is 4.21. The molecule has 122 valence electrons. The fourth-order valence-electron chi connectivity index (χ4n) is 2.12. The molecule has 0 saturated carbocycles. The molecule has 2 aromatic rings. The van der Waals surface area contributed by atoms with E-state index in [1.165, 1.54) is 12.1 Å². The van der Waals surface area contributed by atoms with Crippen molar-refractivity contribution in [3.8, 4) is 5.75 Å². The van der Waals surface area contributed by atoms with E-state index in [4.69, 9.17) is 16.3 Å². The Kier molecular flexibility index (Phi) is 5.58. The summed E-state index contributed by atoms with van der Waals surface area (Å²) in [6.07, 6.45) is -0.938. The van der Waals surface area contributed by atoms with Crippen molar-refractivity contribution in [1.82, 2.24) is 5.32 Å². The quantitative estimate of drug-likeness (QED) is 0.879. The van der Waals surface area contributed by atoms with Gasteiger partial charge in [0, 0.05) is 5.02 Å². The second-order valence-corrected chi connectivity index (χ2v) is 5.54. The highest BCUT2D eigenvalue weighted by atomic mass is 35.5. The van der Waals surface area contributed by atoms with Crippen LogP contribution in [0.15, 0.2) is 42.5 Å². The average Bonchev–Trinajstić information content (AvgIpc) is 2.56. The predicted molar refractivity (Wildman–Crippen MR) is 86.3 cm³/mol. The summed E-state index contributed by atoms with van der Waals surface area (Å²) in [7, 11) is 1.55. The summed E-state index contributed by atoms with van der Waals surface area (Å²) in [4.78, 5) is 12.1. The number of aliphatic hydroxyl groups is 1. The number of benzene rings is 2. The molecule has 0 radical (unpaired) electrons. The maximum Gasteiger partial charge on any atom is 0.254 e. The van der Waals surface area contributed by atoms with E-state index in [0.29, 0.717) is 11.3 Å². The molecule has 2 atom stereocenters. The molecule has 0 aliphatic rings. The van der Waals surface area contributed by atoms with Gasteiger partial charge in [0.05, 0.1) is 24.8 Å². The first kappa shape index (κ1) is 17.2. The molecule has 23 heavy (non-hydrogen) atoms. The summed E-state index contributed by atoms with van der Waals surface area (Å²) in [6.45, 7) is 1.63. The molecule has 2 aromatic carbocycles. The van der Waals surface area contributed by atoms with Gasteiger partial charge in [-0.3, -0.25) is 4.79 Å². The second kappa shape index (κ2) is 7.44. The van der Waals surface area contributed by atoms with Crippen LogP contribution in [0.5, 0.6) is 5.75 Å². The van der Waals surface area contributed by atoms with Crippen molar-refractivity contribution in [1.29, 1.82) is 0 Å². The fraction of sp³-hybridized carbons (Fsp3) is 0.235. The average molecular weight is 338 g/mol. The molecule has 0 spiro atoms. The Bertz CT molecular complexity index is 691. The molecule has 6 heteroatoms. The third-order valence-corrected chi connectivity index (χ3v) is 3.70. The molecule has 1 amide bonds. The molecule has 0 saturated heterocycles. The van der Waals surface area contributed by atoms with E-state index >= 15 is 0 Å². The van der Waals surface area contributed by atoms with Crippen LogP contribution in [0.25, 0.3) is 0 Å². The van der Waals surface area contributed by atoms with Gasteiger partial charge in [0.25, 0.3) is 5.91 Å². The van der Waals surface area contributed by atoms with Crippen molar-refractivity contribution in [3.63, 3.8) is 0 Å². The van der Waals surface area contributed by atoms with Crippen molar-refractivity contribution in [2.45, 2.75) is 19.1 Å². The number of hydrogen-bond acceptors (Lipinski definition) is 3. The molecule has 0 bridgehead atoms. The van der Waals surface area contributed by atoms with E-state index in [9.17, 15) is 14.3 Å². The maximum absolute atomic E-state index is 13.7. The van der Waals surface area contributed by atoms with Crippen LogP contribution in [0.1, 0.15) is 28.9 Å². The second-order valence-electron chi connectivity index (χ2n) is 5.10. The van der Waals surface area contributed by atoms with E-state index in [2.05, 4.69) is 5.32 Å². The Morgan fingerprint density at radius 1 is 1.26 bits per heavy atom. The van der Waals surface area contributed by atoms with Gasteiger partial charge in [-0.15, -0.1) is 0 Å². The first-order valence-electron chi connectivity index (χ1n) is 7.00. The summed E-state index contributed by atoms with van der Waals surface area (Å²) in [5, 5.41) is 13.1. The molecular formula is C17H17ClFNO3. The van der Waals surface area contributed by atoms with Crippen LogP contribution < -0.4 is 10.1 Å². The van der Waals surface area contributed by atoms with Gasteiger partial charge in [0.15, 0.2) is 0 Å². The van der Waals surface area contributed by atoms with E-state index in [1.807, 2.05) is 0 Å². The van der Waals surface area contributed by atoms with Crippen LogP contribution in [0.4, 0.5) is 4.39 Å². The highest BCUT2D eigenvalue weighted by Gasteiger charge is 2.21. The number of amides is 1. The Balaban J connectivity index is 2.09. The fourth-order valence-corrected chi connectivity index (χ4v) is 2.30. The molecule has 4 nitrogen and oxygen atoms in total. The van der Waals surface area contributed by atoms with Crippen LogP contribution >= 0.6 is 11.6 Å². The summed E-state index contributed by atoms with van der Waals surface area (Å²) < 4.78 is 18.7. The van der Waals surface area contributed by atoms with Crippen molar-refractivity contribution in [2.75, 3.05) is 7.11 Å². The van der Waals surface area contributed by atoms with Crippen LogP contribution in [0.3, 0.4) is 0 Å². The van der Waals surface area contributed by atoms with Gasteiger partial charge in [-0.25, -0.2) is 4.39 Å². The highest BCUT2D eigenvalue weighted by molar-refractivity contribution is 6.31. The lowest BCUT2D eigenvalue weighted by Crippen LogP contribution is -2.37. The SMILES string of the molecule is COc1ccc(C(O)C(C)NC(=O)c2cc(Cl)ccc2F)cc1. The van der Waals surface area contributed by atoms with Gasteiger partial charge in [0.2, 0.25) is 0 Å². The van der Waals surface area contributed by atoms with Crippen molar-refractivity contribution in [2.24, 2.45) is 0 Å². The number of rotatable bonds is 5. The van der Waals surface area contributed by atoms with Gasteiger partial charge >= 0.3 is 0 Å². The number of nitrogens with one attached hydrogen (secondary N) is 1. The summed E-state index contributed by atoms with van der Waals surface area (Å²) in [6, 6.07) is 9.95. The summed E-state index contributed by atoms with van der Waals surface area (Å²) >= 11 is 5.78. The molecular weight excluding hydrogens is 321 g/mol. The van der Waals surface area contributed by atoms with Gasteiger partial charge in [-0.1, -0.05) is 23.7 Å².